The number of hydrogen-bond donors (Lipinski definition) is 2. The monoisotopic (exact) mass is 398 g/mol. The van der Waals surface area contributed by atoms with Crippen molar-refractivity contribution in [2.24, 2.45) is 0 Å². The second-order valence-electron chi connectivity index (χ2n) is 5.91. The molecular weight excluding hydrogens is 383 g/mol. The highest BCUT2D eigenvalue weighted by Gasteiger charge is 2.12. The molecule has 0 saturated heterocycles. The Balaban J connectivity index is 1.72. The van der Waals surface area contributed by atoms with Crippen LogP contribution in [0.3, 0.4) is 0 Å². The molecule has 2 aromatic heterocycles. The Morgan fingerprint density at radius 3 is 2.68 bits per heavy atom. The summed E-state index contributed by atoms with van der Waals surface area (Å²) in [6.07, 6.45) is 1.65. The number of rotatable bonds is 7. The molecule has 3 aromatic rings. The first-order valence-corrected chi connectivity index (χ1v) is 8.10. The summed E-state index contributed by atoms with van der Waals surface area (Å²) in [5.41, 5.74) is 0.809. The SMILES string of the molecule is Cc1cnc(Nc2cnn(CC(F)F)c2)nc1NCc1cc(F)cc(F)c1F. The minimum Gasteiger partial charge on any atom is -0.365 e. The summed E-state index contributed by atoms with van der Waals surface area (Å²) in [5, 5.41) is 9.39. The van der Waals surface area contributed by atoms with Crippen molar-refractivity contribution in [2.45, 2.75) is 26.4 Å². The molecule has 0 amide bonds. The number of hydrogen-bond acceptors (Lipinski definition) is 5. The summed E-state index contributed by atoms with van der Waals surface area (Å²) in [5.74, 6) is -2.87. The van der Waals surface area contributed by atoms with Gasteiger partial charge >= 0.3 is 0 Å². The Kier molecular flexibility index (Phi) is 5.71. The molecular formula is C17H15F5N6. The van der Waals surface area contributed by atoms with Crippen molar-refractivity contribution >= 4 is 17.5 Å². The van der Waals surface area contributed by atoms with Gasteiger partial charge in [0.15, 0.2) is 11.6 Å². The van der Waals surface area contributed by atoms with Crippen LogP contribution in [0.15, 0.2) is 30.7 Å². The molecule has 0 aliphatic rings. The molecule has 6 nitrogen and oxygen atoms in total. The lowest BCUT2D eigenvalue weighted by Gasteiger charge is -2.11. The van der Waals surface area contributed by atoms with Crippen LogP contribution in [0.5, 0.6) is 0 Å². The molecule has 0 aliphatic heterocycles. The van der Waals surface area contributed by atoms with Crippen molar-refractivity contribution in [2.75, 3.05) is 10.6 Å². The van der Waals surface area contributed by atoms with E-state index in [1.54, 1.807) is 6.92 Å². The van der Waals surface area contributed by atoms with Crippen LogP contribution in [0.4, 0.5) is 39.4 Å². The number of aryl methyl sites for hydroxylation is 1. The number of halogens is 5. The highest BCUT2D eigenvalue weighted by atomic mass is 19.3. The van der Waals surface area contributed by atoms with E-state index in [4.69, 9.17) is 0 Å². The first-order chi connectivity index (χ1) is 13.3. The van der Waals surface area contributed by atoms with Crippen LogP contribution >= 0.6 is 0 Å². The van der Waals surface area contributed by atoms with E-state index in [9.17, 15) is 22.0 Å². The summed E-state index contributed by atoms with van der Waals surface area (Å²) in [6, 6.07) is 1.35. The highest BCUT2D eigenvalue weighted by Crippen LogP contribution is 2.19. The zero-order valence-electron chi connectivity index (χ0n) is 14.6. The lowest BCUT2D eigenvalue weighted by molar-refractivity contribution is 0.122. The van der Waals surface area contributed by atoms with Crippen LogP contribution in [0.2, 0.25) is 0 Å². The van der Waals surface area contributed by atoms with Gasteiger partial charge in [-0.05, 0) is 13.0 Å². The molecule has 0 aliphatic carbocycles. The first kappa shape index (κ1) is 19.5. The van der Waals surface area contributed by atoms with E-state index < -0.39 is 30.4 Å². The number of benzene rings is 1. The van der Waals surface area contributed by atoms with E-state index in [1.165, 1.54) is 18.6 Å². The number of anilines is 3. The minimum atomic E-state index is -2.53. The summed E-state index contributed by atoms with van der Waals surface area (Å²) in [7, 11) is 0. The largest absolute Gasteiger partial charge is 0.365 e. The Labute approximate surface area is 156 Å². The third-order valence-corrected chi connectivity index (χ3v) is 3.70. The maximum absolute atomic E-state index is 13.8. The van der Waals surface area contributed by atoms with Crippen LogP contribution in [-0.2, 0) is 13.1 Å². The van der Waals surface area contributed by atoms with Crippen molar-refractivity contribution < 1.29 is 22.0 Å². The molecule has 3 rings (SSSR count). The smallest absolute Gasteiger partial charge is 0.257 e. The number of aromatic nitrogens is 4. The predicted octanol–water partition coefficient (Wildman–Crippen LogP) is 4.02. The fourth-order valence-electron chi connectivity index (χ4n) is 2.40. The van der Waals surface area contributed by atoms with Gasteiger partial charge in [0.25, 0.3) is 6.43 Å². The number of nitrogens with one attached hydrogen (secondary N) is 2. The van der Waals surface area contributed by atoms with Gasteiger partial charge in [0, 0.05) is 36.1 Å². The van der Waals surface area contributed by atoms with Crippen molar-refractivity contribution in [1.82, 2.24) is 19.7 Å². The first-order valence-electron chi connectivity index (χ1n) is 8.10. The molecule has 0 atom stereocenters. The van der Waals surface area contributed by atoms with Gasteiger partial charge < -0.3 is 10.6 Å². The van der Waals surface area contributed by atoms with Gasteiger partial charge in [0.1, 0.15) is 18.2 Å². The van der Waals surface area contributed by atoms with Gasteiger partial charge in [-0.1, -0.05) is 0 Å². The Morgan fingerprint density at radius 1 is 1.14 bits per heavy atom. The molecule has 11 heteroatoms. The Bertz CT molecular complexity index is 975. The average Bonchev–Trinajstić information content (AvgIpc) is 3.05. The van der Waals surface area contributed by atoms with Crippen molar-refractivity contribution in [3.63, 3.8) is 0 Å². The quantitative estimate of drug-likeness (QED) is 0.465. The molecule has 0 unspecified atom stereocenters. The third kappa shape index (κ3) is 4.72. The lowest BCUT2D eigenvalue weighted by Crippen LogP contribution is -2.08. The van der Waals surface area contributed by atoms with Gasteiger partial charge in [-0.2, -0.15) is 10.1 Å². The molecule has 0 radical (unpaired) electrons. The number of nitrogens with zero attached hydrogens (tertiary/aromatic N) is 4. The summed E-state index contributed by atoms with van der Waals surface area (Å²) >= 11 is 0. The van der Waals surface area contributed by atoms with E-state index in [-0.39, 0.29) is 18.1 Å². The molecule has 28 heavy (non-hydrogen) atoms. The topological polar surface area (TPSA) is 67.7 Å². The van der Waals surface area contributed by atoms with Gasteiger partial charge in [0.05, 0.1) is 11.9 Å². The summed E-state index contributed by atoms with van der Waals surface area (Å²) < 4.78 is 66.1. The molecule has 0 spiro atoms. The van der Waals surface area contributed by atoms with Crippen molar-refractivity contribution in [3.8, 4) is 0 Å². The summed E-state index contributed by atoms with van der Waals surface area (Å²) in [6.45, 7) is 0.943. The maximum Gasteiger partial charge on any atom is 0.257 e. The normalized spacial score (nSPS) is 11.1. The molecule has 0 bridgehead atoms. The van der Waals surface area contributed by atoms with Crippen LogP contribution in [0.1, 0.15) is 11.1 Å². The Hall–Kier alpha value is -3.24. The molecule has 1 aromatic carbocycles. The second-order valence-corrected chi connectivity index (χ2v) is 5.91. The average molecular weight is 398 g/mol. The van der Waals surface area contributed by atoms with E-state index >= 15 is 0 Å². The van der Waals surface area contributed by atoms with Crippen LogP contribution in [0, 0.1) is 24.4 Å². The van der Waals surface area contributed by atoms with Gasteiger partial charge in [-0.3, -0.25) is 4.68 Å². The molecule has 148 valence electrons. The maximum atomic E-state index is 13.8. The third-order valence-electron chi connectivity index (χ3n) is 3.70. The van der Waals surface area contributed by atoms with Gasteiger partial charge in [0.2, 0.25) is 5.95 Å². The van der Waals surface area contributed by atoms with E-state index in [1.807, 2.05) is 0 Å². The zero-order chi connectivity index (χ0) is 20.3. The summed E-state index contributed by atoms with van der Waals surface area (Å²) in [4.78, 5) is 8.26. The van der Waals surface area contributed by atoms with Crippen LogP contribution in [0.25, 0.3) is 0 Å². The fourth-order valence-corrected chi connectivity index (χ4v) is 2.40. The predicted molar refractivity (Wildman–Crippen MR) is 91.9 cm³/mol. The Morgan fingerprint density at radius 2 is 1.93 bits per heavy atom. The number of alkyl halides is 2. The van der Waals surface area contributed by atoms with E-state index in [0.717, 1.165) is 10.7 Å². The minimum absolute atomic E-state index is 0.135. The fraction of sp³-hybridized carbons (Fsp3) is 0.235. The van der Waals surface area contributed by atoms with Gasteiger partial charge in [-0.25, -0.2) is 26.9 Å². The lowest BCUT2D eigenvalue weighted by atomic mass is 10.2. The van der Waals surface area contributed by atoms with Crippen LogP contribution in [-0.4, -0.2) is 26.2 Å². The van der Waals surface area contributed by atoms with Gasteiger partial charge in [-0.15, -0.1) is 0 Å². The van der Waals surface area contributed by atoms with E-state index in [0.29, 0.717) is 23.1 Å². The molecule has 2 heterocycles. The van der Waals surface area contributed by atoms with Crippen molar-refractivity contribution in [1.29, 1.82) is 0 Å². The second kappa shape index (κ2) is 8.19. The highest BCUT2D eigenvalue weighted by molar-refractivity contribution is 5.54. The molecule has 0 fully saturated rings. The van der Waals surface area contributed by atoms with Crippen molar-refractivity contribution in [3.05, 3.63) is 59.3 Å². The molecule has 2 N–H and O–H groups in total. The van der Waals surface area contributed by atoms with E-state index in [2.05, 4.69) is 25.7 Å². The molecule has 0 saturated carbocycles. The zero-order valence-corrected chi connectivity index (χ0v) is 14.6. The standard InChI is InChI=1S/C17H15F5N6/c1-9-4-24-17(26-12-6-25-28(7-12)8-14(20)21)27-16(9)23-5-10-2-11(18)3-13(19)15(10)22/h2-4,6-7,14H,5,8H2,1H3,(H2,23,24,26,27). The van der Waals surface area contributed by atoms with Crippen LogP contribution < -0.4 is 10.6 Å².